The Hall–Kier alpha value is -5.57. The predicted molar refractivity (Wildman–Crippen MR) is 256 cm³/mol. The summed E-state index contributed by atoms with van der Waals surface area (Å²) in [6, 6.07) is 38.9. The second-order valence-corrected chi connectivity index (χ2v) is 23.7. The third-order valence-electron chi connectivity index (χ3n) is 11.3. The quantitative estimate of drug-likeness (QED) is 0.0577. The van der Waals surface area contributed by atoms with Crippen molar-refractivity contribution in [1.29, 1.82) is 0 Å². The third kappa shape index (κ3) is 11.5. The average molecular weight is 956 g/mol. The van der Waals surface area contributed by atoms with Gasteiger partial charge in [0, 0.05) is 0 Å². The van der Waals surface area contributed by atoms with E-state index in [9.17, 15) is 28.8 Å². The van der Waals surface area contributed by atoms with E-state index in [1.54, 1.807) is 36.4 Å². The molecule has 0 aromatic heterocycles. The Morgan fingerprint density at radius 3 is 0.794 bits per heavy atom. The molecule has 0 saturated carbocycles. The summed E-state index contributed by atoms with van der Waals surface area (Å²) in [6.45, 7) is 17.1. The molecule has 0 N–H and O–H groups in total. The summed E-state index contributed by atoms with van der Waals surface area (Å²) in [7, 11) is 0. The Labute approximate surface area is 385 Å². The molecule has 318 valence electrons. The van der Waals surface area contributed by atoms with Gasteiger partial charge < -0.3 is 0 Å². The molecule has 0 saturated heterocycles. The van der Waals surface area contributed by atoms with Crippen molar-refractivity contribution in [3.63, 3.8) is 0 Å². The maximum absolute atomic E-state index is 14.4. The normalized spacial score (nSPS) is 11.1. The van der Waals surface area contributed by atoms with E-state index in [-0.39, 0.29) is 17.3 Å². The molecular formula is C55H54Ge2O6. The van der Waals surface area contributed by atoms with Gasteiger partial charge in [0.1, 0.15) is 0 Å². The number of Topliss-reactive ketones (excluding diaryl/α,β-unsaturated/α-hetero) is 6. The number of aryl methyl sites for hydroxylation is 9. The molecular weight excluding hydrogens is 902 g/mol. The van der Waals surface area contributed by atoms with Crippen molar-refractivity contribution in [3.05, 3.63) is 211 Å². The van der Waals surface area contributed by atoms with E-state index in [1.165, 1.54) is 16.5 Å². The van der Waals surface area contributed by atoms with Gasteiger partial charge in [0.2, 0.25) is 0 Å². The van der Waals surface area contributed by atoms with Gasteiger partial charge in [0.25, 0.3) is 0 Å². The molecule has 0 unspecified atom stereocenters. The molecule has 0 fully saturated rings. The van der Waals surface area contributed by atoms with Crippen molar-refractivity contribution in [3.8, 4) is 0 Å². The Morgan fingerprint density at radius 2 is 0.587 bits per heavy atom. The summed E-state index contributed by atoms with van der Waals surface area (Å²) in [5.41, 5.74) is 11.0. The van der Waals surface area contributed by atoms with Gasteiger partial charge in [-0.15, -0.1) is 0 Å². The van der Waals surface area contributed by atoms with Gasteiger partial charge in [-0.1, -0.05) is 0 Å². The molecule has 6 aromatic carbocycles. The molecule has 6 aromatic rings. The zero-order chi connectivity index (χ0) is 46.2. The van der Waals surface area contributed by atoms with Crippen molar-refractivity contribution in [2.24, 2.45) is 0 Å². The molecule has 8 heteroatoms. The molecule has 0 aliphatic heterocycles. The van der Waals surface area contributed by atoms with Gasteiger partial charge >= 0.3 is 387 Å². The van der Waals surface area contributed by atoms with Crippen LogP contribution in [0.2, 0.25) is 20.0 Å². The number of benzene rings is 6. The Balaban J connectivity index is 0.000000243. The van der Waals surface area contributed by atoms with Crippen LogP contribution in [0.25, 0.3) is 0 Å². The van der Waals surface area contributed by atoms with E-state index in [2.05, 4.69) is 0 Å². The number of carbonyl (C=O) groups excluding carboxylic acids is 6. The van der Waals surface area contributed by atoms with E-state index in [0.717, 1.165) is 50.1 Å². The number of hydrogen-bond acceptors (Lipinski definition) is 6. The van der Waals surface area contributed by atoms with Gasteiger partial charge in [0.05, 0.1) is 0 Å². The van der Waals surface area contributed by atoms with Gasteiger partial charge in [0.15, 0.2) is 0 Å². The van der Waals surface area contributed by atoms with Crippen molar-refractivity contribution in [2.45, 2.75) is 82.3 Å². The minimum absolute atomic E-state index is 0.0253. The number of rotatable bonds is 15. The molecule has 6 nitrogen and oxygen atoms in total. The number of hydrogen-bond donors (Lipinski definition) is 0. The van der Waals surface area contributed by atoms with E-state index < -0.39 is 35.9 Å². The Kier molecular flexibility index (Phi) is 16.3. The molecule has 63 heavy (non-hydrogen) atoms. The first-order valence-electron chi connectivity index (χ1n) is 21.0. The standard InChI is InChI=1S/C31H33GeO3.C24H21GeO3/c1-16-10-19(4)25(20(5)11-16)28(33)31(32,29(34)26-21(6)12-17(2)13-22(26)7)30(35)27-23(8)14-18(3)15-24(27)9;26-22(19-10-4-1-5-11-19)16-25(17-23(27)20-12-6-2-7-13-20)18-24(28)21-14-8-3-9-15-21/h10-15H,1-9H3;1-15H,16-18H2. The Bertz CT molecular complexity index is 2340. The molecule has 0 spiro atoms. The zero-order valence-corrected chi connectivity index (χ0v) is 41.9. The minimum atomic E-state index is -2.29. The second kappa shape index (κ2) is 21.2. The van der Waals surface area contributed by atoms with Crippen molar-refractivity contribution >= 4 is 65.6 Å². The fourth-order valence-electron chi connectivity index (χ4n) is 8.53. The summed E-state index contributed by atoms with van der Waals surface area (Å²) in [6.07, 6.45) is 0. The maximum atomic E-state index is 14.4. The van der Waals surface area contributed by atoms with Gasteiger partial charge in [-0.2, -0.15) is 0 Å². The fraction of sp³-hybridized carbons (Fsp3) is 0.236. The SMILES string of the molecule is Cc1cc(C)c(C(=O)[C]([Ge])(C(=O)c2c(C)cc(C)cc2C)C(=O)c2c(C)cc(C)cc2C)c(C)c1.O=C([CH2][Ge]([CH2]C(=O)c1ccccc1)[CH2]C(=O)c1ccccc1)c1ccccc1. The van der Waals surface area contributed by atoms with Gasteiger partial charge in [-0.25, -0.2) is 0 Å². The molecule has 0 heterocycles. The van der Waals surface area contributed by atoms with Crippen LogP contribution in [0, 0.1) is 62.3 Å². The monoisotopic (exact) mass is 958 g/mol. The molecule has 6 rings (SSSR count). The van der Waals surface area contributed by atoms with Crippen molar-refractivity contribution < 1.29 is 28.8 Å². The first-order chi connectivity index (χ1) is 29.8. The summed E-state index contributed by atoms with van der Waals surface area (Å²) in [4.78, 5) is 81.3. The summed E-state index contributed by atoms with van der Waals surface area (Å²) in [5.74, 6) is -1.25. The van der Waals surface area contributed by atoms with Crippen LogP contribution in [0.4, 0.5) is 0 Å². The first-order valence-corrected chi connectivity index (χ1v) is 26.5. The van der Waals surface area contributed by atoms with Crippen molar-refractivity contribution in [1.82, 2.24) is 0 Å². The fourth-order valence-corrected chi connectivity index (χ4v) is 14.3. The van der Waals surface area contributed by atoms with Gasteiger partial charge in [-0.3, -0.25) is 0 Å². The molecule has 4 radical (unpaired) electrons. The molecule has 0 aliphatic carbocycles. The third-order valence-corrected chi connectivity index (χ3v) is 17.9. The molecule has 0 atom stereocenters. The first kappa shape index (κ1) is 48.5. The molecule has 0 amide bonds. The number of ketones is 6. The number of carbonyl (C=O) groups is 6. The Morgan fingerprint density at radius 1 is 0.381 bits per heavy atom. The van der Waals surface area contributed by atoms with Crippen LogP contribution in [0.15, 0.2) is 127 Å². The van der Waals surface area contributed by atoms with Crippen LogP contribution in [-0.2, 0) is 0 Å². The topological polar surface area (TPSA) is 102 Å². The van der Waals surface area contributed by atoms with Crippen LogP contribution in [-0.4, -0.2) is 65.6 Å². The summed E-state index contributed by atoms with van der Waals surface area (Å²) >= 11 is -0.767. The van der Waals surface area contributed by atoms with Crippen LogP contribution in [0.3, 0.4) is 0 Å². The average Bonchev–Trinajstić information content (AvgIpc) is 3.23. The second-order valence-electron chi connectivity index (χ2n) is 16.7. The molecule has 0 bridgehead atoms. The van der Waals surface area contributed by atoms with Crippen LogP contribution >= 0.6 is 0 Å². The van der Waals surface area contributed by atoms with Crippen LogP contribution < -0.4 is 0 Å². The summed E-state index contributed by atoms with van der Waals surface area (Å²) in [5, 5.41) is 1.00. The van der Waals surface area contributed by atoms with E-state index in [1.807, 2.05) is 153 Å². The van der Waals surface area contributed by atoms with Gasteiger partial charge in [-0.05, 0) is 0 Å². The van der Waals surface area contributed by atoms with Crippen LogP contribution in [0.1, 0.15) is 112 Å². The zero-order valence-electron chi connectivity index (χ0n) is 37.7. The van der Waals surface area contributed by atoms with E-state index in [0.29, 0.717) is 49.1 Å². The molecule has 0 aliphatic rings. The van der Waals surface area contributed by atoms with E-state index >= 15 is 0 Å². The summed E-state index contributed by atoms with van der Waals surface area (Å²) < 4.78 is -1.90. The predicted octanol–water partition coefficient (Wildman–Crippen LogP) is 11.9. The van der Waals surface area contributed by atoms with Crippen LogP contribution in [0.5, 0.6) is 0 Å². The van der Waals surface area contributed by atoms with E-state index in [4.69, 9.17) is 0 Å². The van der Waals surface area contributed by atoms with Crippen molar-refractivity contribution in [2.75, 3.05) is 0 Å².